The third-order valence-electron chi connectivity index (χ3n) is 8.67. The topological polar surface area (TPSA) is 61.8 Å². The second kappa shape index (κ2) is 11.0. The first-order chi connectivity index (χ1) is 17.9. The molecule has 3 saturated heterocycles. The van der Waals surface area contributed by atoms with E-state index < -0.39 is 11.6 Å². The lowest BCUT2D eigenvalue weighted by Gasteiger charge is -2.47. The van der Waals surface area contributed by atoms with Crippen molar-refractivity contribution < 1.29 is 28.3 Å². The minimum absolute atomic E-state index is 0.0420. The van der Waals surface area contributed by atoms with E-state index in [0.29, 0.717) is 23.2 Å². The summed E-state index contributed by atoms with van der Waals surface area (Å²) in [6, 6.07) is 20.2. The van der Waals surface area contributed by atoms with Gasteiger partial charge in [0.2, 0.25) is 5.60 Å². The number of piperidine rings is 1. The Balaban J connectivity index is 1.41. The summed E-state index contributed by atoms with van der Waals surface area (Å²) in [4.78, 5) is 26.5. The average molecular weight is 507 g/mol. The normalized spacial score (nSPS) is 24.4. The van der Waals surface area contributed by atoms with Crippen molar-refractivity contribution in [3.8, 4) is 0 Å². The molecule has 0 saturated carbocycles. The maximum Gasteiger partial charge on any atom is 0.348 e. The third kappa shape index (κ3) is 5.06. The van der Waals surface area contributed by atoms with Crippen LogP contribution in [0.2, 0.25) is 0 Å². The molecule has 2 aromatic rings. The molecule has 2 atom stereocenters. The number of hydrogen-bond acceptors (Lipinski definition) is 5. The van der Waals surface area contributed by atoms with Crippen LogP contribution in [-0.4, -0.2) is 60.4 Å². The molecular formula is C31H40NO5+. The second-order valence-corrected chi connectivity index (χ2v) is 11.2. The van der Waals surface area contributed by atoms with Crippen LogP contribution in [0.15, 0.2) is 60.7 Å². The van der Waals surface area contributed by atoms with Gasteiger partial charge in [0.05, 0.1) is 44.3 Å². The highest BCUT2D eigenvalue weighted by molar-refractivity contribution is 5.86. The molecule has 2 unspecified atom stereocenters. The molecule has 0 aliphatic carbocycles. The van der Waals surface area contributed by atoms with Crippen LogP contribution in [0.3, 0.4) is 0 Å². The van der Waals surface area contributed by atoms with Crippen molar-refractivity contribution in [3.63, 3.8) is 0 Å². The van der Waals surface area contributed by atoms with Crippen molar-refractivity contribution in [2.75, 3.05) is 19.7 Å². The quantitative estimate of drug-likeness (QED) is 0.348. The van der Waals surface area contributed by atoms with Crippen LogP contribution in [0.4, 0.5) is 0 Å². The lowest BCUT2D eigenvalue weighted by atomic mass is 9.85. The maximum atomic E-state index is 14.3. The number of ether oxygens (including phenoxy) is 3. The zero-order valence-corrected chi connectivity index (χ0v) is 22.1. The van der Waals surface area contributed by atoms with Gasteiger partial charge >= 0.3 is 11.9 Å². The van der Waals surface area contributed by atoms with Gasteiger partial charge < -0.3 is 18.7 Å². The first kappa shape index (κ1) is 25.9. The summed E-state index contributed by atoms with van der Waals surface area (Å²) in [6.45, 7) is 6.24. The summed E-state index contributed by atoms with van der Waals surface area (Å²) in [5, 5.41) is 0. The predicted molar refractivity (Wildman–Crippen MR) is 141 cm³/mol. The number of benzene rings is 2. The van der Waals surface area contributed by atoms with Gasteiger partial charge in [0.25, 0.3) is 0 Å². The van der Waals surface area contributed by atoms with E-state index in [4.69, 9.17) is 14.2 Å². The van der Waals surface area contributed by atoms with Gasteiger partial charge in [-0.2, -0.15) is 0 Å². The Hall–Kier alpha value is -2.70. The van der Waals surface area contributed by atoms with Gasteiger partial charge in [0.15, 0.2) is 0 Å². The van der Waals surface area contributed by atoms with Gasteiger partial charge in [-0.3, -0.25) is 4.79 Å². The van der Waals surface area contributed by atoms with Crippen LogP contribution in [-0.2, 0) is 29.4 Å². The van der Waals surface area contributed by atoms with E-state index in [1.807, 2.05) is 74.5 Å². The first-order valence-corrected chi connectivity index (χ1v) is 14.0. The molecule has 6 heteroatoms. The highest BCUT2D eigenvalue weighted by atomic mass is 16.6. The Morgan fingerprint density at radius 2 is 1.43 bits per heavy atom. The van der Waals surface area contributed by atoms with E-state index in [2.05, 4.69) is 0 Å². The number of rotatable bonds is 9. The number of quaternary nitrogens is 1. The van der Waals surface area contributed by atoms with Gasteiger partial charge in [0.1, 0.15) is 6.10 Å². The van der Waals surface area contributed by atoms with E-state index in [1.54, 1.807) is 0 Å². The van der Waals surface area contributed by atoms with Gasteiger partial charge in [-0.05, 0) is 25.0 Å². The molecule has 6 nitrogen and oxygen atoms in total. The Labute approximate surface area is 220 Å². The molecule has 2 bridgehead atoms. The molecule has 3 aliphatic heterocycles. The molecule has 3 aliphatic rings. The largest absolute Gasteiger partial charge is 0.463 e. The summed E-state index contributed by atoms with van der Waals surface area (Å²) in [6.07, 6.45) is 6.67. The third-order valence-corrected chi connectivity index (χ3v) is 8.67. The molecule has 0 radical (unpaired) electrons. The summed E-state index contributed by atoms with van der Waals surface area (Å²) < 4.78 is 19.4. The minimum atomic E-state index is -1.46. The van der Waals surface area contributed by atoms with Crippen LogP contribution in [0.5, 0.6) is 0 Å². The van der Waals surface area contributed by atoms with Crippen LogP contribution < -0.4 is 0 Å². The molecule has 198 valence electrons. The monoisotopic (exact) mass is 506 g/mol. The Bertz CT molecular complexity index is 1010. The molecular weight excluding hydrogens is 466 g/mol. The highest BCUT2D eigenvalue weighted by Crippen LogP contribution is 2.47. The Morgan fingerprint density at radius 1 is 0.892 bits per heavy atom. The van der Waals surface area contributed by atoms with Crippen molar-refractivity contribution in [2.24, 2.45) is 0 Å². The van der Waals surface area contributed by atoms with Gasteiger partial charge in [0, 0.05) is 38.5 Å². The van der Waals surface area contributed by atoms with Crippen molar-refractivity contribution in [1.29, 1.82) is 0 Å². The van der Waals surface area contributed by atoms with Crippen molar-refractivity contribution in [2.45, 2.75) is 88.7 Å². The molecule has 0 amide bonds. The van der Waals surface area contributed by atoms with Crippen LogP contribution in [0.25, 0.3) is 0 Å². The highest BCUT2D eigenvalue weighted by Gasteiger charge is 2.56. The molecule has 2 aromatic carbocycles. The number of esters is 2. The fourth-order valence-electron chi connectivity index (χ4n) is 7.12. The van der Waals surface area contributed by atoms with E-state index in [0.717, 1.165) is 12.8 Å². The summed E-state index contributed by atoms with van der Waals surface area (Å²) in [5.74, 6) is -0.747. The van der Waals surface area contributed by atoms with E-state index >= 15 is 0 Å². The second-order valence-electron chi connectivity index (χ2n) is 11.2. The van der Waals surface area contributed by atoms with Crippen molar-refractivity contribution >= 4 is 11.9 Å². The fourth-order valence-corrected chi connectivity index (χ4v) is 7.12. The predicted octanol–water partition coefficient (Wildman–Crippen LogP) is 5.14. The van der Waals surface area contributed by atoms with E-state index in [9.17, 15) is 9.59 Å². The van der Waals surface area contributed by atoms with Gasteiger partial charge in [-0.15, -0.1) is 0 Å². The average Bonchev–Trinajstić information content (AvgIpc) is 3.44. The zero-order valence-electron chi connectivity index (χ0n) is 22.1. The molecule has 3 heterocycles. The van der Waals surface area contributed by atoms with Crippen LogP contribution in [0, 0.1) is 0 Å². The number of hydrogen-bond donors (Lipinski definition) is 0. The summed E-state index contributed by atoms with van der Waals surface area (Å²) in [5.41, 5.74) is -0.0627. The minimum Gasteiger partial charge on any atom is -0.463 e. The van der Waals surface area contributed by atoms with Crippen LogP contribution in [0.1, 0.15) is 69.9 Å². The Morgan fingerprint density at radius 3 is 1.95 bits per heavy atom. The maximum absolute atomic E-state index is 14.3. The summed E-state index contributed by atoms with van der Waals surface area (Å²) >= 11 is 0. The van der Waals surface area contributed by atoms with Crippen LogP contribution >= 0.6 is 0 Å². The lowest BCUT2D eigenvalue weighted by Crippen LogP contribution is -2.60. The molecule has 37 heavy (non-hydrogen) atoms. The van der Waals surface area contributed by atoms with Gasteiger partial charge in [-0.25, -0.2) is 4.79 Å². The molecule has 1 spiro atoms. The SMILES string of the molecule is CC(C)OC(=O)CCOC(C(=O)OC1CC2CCC(C1)[N+]21CCCC1)(c1ccccc1)c1ccccc1. The lowest BCUT2D eigenvalue weighted by molar-refractivity contribution is -0.956. The smallest absolute Gasteiger partial charge is 0.348 e. The van der Waals surface area contributed by atoms with E-state index in [1.165, 1.54) is 43.3 Å². The molecule has 5 rings (SSSR count). The molecule has 0 aromatic heterocycles. The standard InChI is InChI=1S/C31H40NO5/c1-23(2)36-29(33)17-20-35-31(24-11-5-3-6-12-24,25-13-7-4-8-14-25)30(34)37-28-21-26-15-16-27(22-28)32(26)18-9-10-19-32/h3-8,11-14,23,26-28H,9-10,15-22H2,1-2H3/q+1. The van der Waals surface area contributed by atoms with Crippen molar-refractivity contribution in [3.05, 3.63) is 71.8 Å². The fraction of sp³-hybridized carbons (Fsp3) is 0.548. The Kier molecular flexibility index (Phi) is 7.68. The first-order valence-electron chi connectivity index (χ1n) is 14.0. The van der Waals surface area contributed by atoms with Crippen molar-refractivity contribution in [1.82, 2.24) is 0 Å². The molecule has 0 N–H and O–H groups in total. The van der Waals surface area contributed by atoms with E-state index in [-0.39, 0.29) is 31.2 Å². The van der Waals surface area contributed by atoms with Gasteiger partial charge in [-0.1, -0.05) is 60.7 Å². The summed E-state index contributed by atoms with van der Waals surface area (Å²) in [7, 11) is 0. The zero-order chi connectivity index (χ0) is 25.9. The number of nitrogens with zero attached hydrogens (tertiary/aromatic N) is 1. The number of carbonyl (C=O) groups excluding carboxylic acids is 2. The molecule has 3 fully saturated rings. The number of carbonyl (C=O) groups is 2.